The molecule has 0 bridgehead atoms. The molecule has 0 saturated carbocycles. The quantitative estimate of drug-likeness (QED) is 0.594. The maximum absolute atomic E-state index is 11.9. The summed E-state index contributed by atoms with van der Waals surface area (Å²) in [5, 5.41) is 0.330. The highest BCUT2D eigenvalue weighted by molar-refractivity contribution is 6.29. The third-order valence-corrected chi connectivity index (χ3v) is 2.33. The lowest BCUT2D eigenvalue weighted by Gasteiger charge is -2.14. The zero-order chi connectivity index (χ0) is 12.1. The van der Waals surface area contributed by atoms with Crippen LogP contribution in [0.5, 0.6) is 0 Å². The third kappa shape index (κ3) is 2.98. The van der Waals surface area contributed by atoms with Crippen LogP contribution in [0.2, 0.25) is 5.15 Å². The van der Waals surface area contributed by atoms with Crippen molar-refractivity contribution < 1.29 is 4.79 Å². The van der Waals surface area contributed by atoms with Gasteiger partial charge >= 0.3 is 0 Å². The lowest BCUT2D eigenvalue weighted by molar-refractivity contribution is 0.0812. The zero-order valence-electron chi connectivity index (χ0n) is 9.33. The molecule has 1 rings (SSSR count). The Morgan fingerprint density at radius 2 is 2.31 bits per heavy atom. The maximum Gasteiger partial charge on any atom is 0.254 e. The van der Waals surface area contributed by atoms with Crippen molar-refractivity contribution in [3.8, 4) is 12.3 Å². The molecule has 1 heterocycles. The summed E-state index contributed by atoms with van der Waals surface area (Å²) in [5.41, 5.74) is 1.32. The standard InChI is InChI=1S/C12H13ClN2O/c1-4-6-15(3)12(16)9-7-10(5-2)14-11(13)8-9/h1,7-8H,5-6H2,2-3H3. The van der Waals surface area contributed by atoms with Gasteiger partial charge in [-0.05, 0) is 18.6 Å². The number of nitrogens with zero attached hydrogens (tertiary/aromatic N) is 2. The highest BCUT2D eigenvalue weighted by Crippen LogP contribution is 2.13. The van der Waals surface area contributed by atoms with Gasteiger partial charge in [0, 0.05) is 18.3 Å². The number of rotatable bonds is 3. The Labute approximate surface area is 100 Å². The van der Waals surface area contributed by atoms with Gasteiger partial charge in [0.25, 0.3) is 5.91 Å². The second-order valence-corrected chi connectivity index (χ2v) is 3.78. The van der Waals surface area contributed by atoms with Crippen molar-refractivity contribution in [2.45, 2.75) is 13.3 Å². The molecule has 0 aliphatic heterocycles. The molecule has 1 aromatic rings. The number of halogens is 1. The number of terminal acetylenes is 1. The van der Waals surface area contributed by atoms with Gasteiger partial charge in [0.1, 0.15) is 5.15 Å². The Morgan fingerprint density at radius 3 is 2.88 bits per heavy atom. The van der Waals surface area contributed by atoms with E-state index in [9.17, 15) is 4.79 Å². The second-order valence-electron chi connectivity index (χ2n) is 3.39. The van der Waals surface area contributed by atoms with Gasteiger partial charge in [0.2, 0.25) is 0 Å². The molecule has 0 aromatic carbocycles. The fourth-order valence-electron chi connectivity index (χ4n) is 1.28. The van der Waals surface area contributed by atoms with Crippen LogP contribution in [0.25, 0.3) is 0 Å². The second kappa shape index (κ2) is 5.53. The topological polar surface area (TPSA) is 33.2 Å². The highest BCUT2D eigenvalue weighted by Gasteiger charge is 2.12. The average molecular weight is 237 g/mol. The fourth-order valence-corrected chi connectivity index (χ4v) is 1.51. The first-order valence-corrected chi connectivity index (χ1v) is 5.31. The molecule has 0 radical (unpaired) electrons. The molecule has 4 heteroatoms. The largest absolute Gasteiger partial charge is 0.331 e. The van der Waals surface area contributed by atoms with E-state index in [-0.39, 0.29) is 12.5 Å². The van der Waals surface area contributed by atoms with E-state index in [0.29, 0.717) is 10.7 Å². The molecule has 0 atom stereocenters. The normalized spacial score (nSPS) is 9.62. The number of hydrogen-bond acceptors (Lipinski definition) is 2. The number of carbonyl (C=O) groups is 1. The van der Waals surface area contributed by atoms with Crippen molar-refractivity contribution in [3.05, 3.63) is 28.5 Å². The number of carbonyl (C=O) groups excluding carboxylic acids is 1. The zero-order valence-corrected chi connectivity index (χ0v) is 10.1. The first-order chi connectivity index (χ1) is 7.58. The minimum Gasteiger partial charge on any atom is -0.331 e. The minimum absolute atomic E-state index is 0.142. The summed E-state index contributed by atoms with van der Waals surface area (Å²) in [6.45, 7) is 2.23. The van der Waals surface area contributed by atoms with Crippen molar-refractivity contribution in [1.82, 2.24) is 9.88 Å². The Hall–Kier alpha value is -1.53. The lowest BCUT2D eigenvalue weighted by Crippen LogP contribution is -2.27. The van der Waals surface area contributed by atoms with Crippen molar-refractivity contribution in [1.29, 1.82) is 0 Å². The molecule has 16 heavy (non-hydrogen) atoms. The molecule has 0 unspecified atom stereocenters. The third-order valence-electron chi connectivity index (χ3n) is 2.13. The SMILES string of the molecule is C#CCN(C)C(=O)c1cc(Cl)nc(CC)c1. The molecule has 3 nitrogen and oxygen atoms in total. The monoisotopic (exact) mass is 236 g/mol. The van der Waals surface area contributed by atoms with Crippen LogP contribution in [0, 0.1) is 12.3 Å². The Balaban J connectivity index is 3.00. The Morgan fingerprint density at radius 1 is 1.62 bits per heavy atom. The molecular weight excluding hydrogens is 224 g/mol. The first kappa shape index (κ1) is 12.5. The van der Waals surface area contributed by atoms with Crippen LogP contribution in [-0.2, 0) is 6.42 Å². The molecule has 0 fully saturated rings. The van der Waals surface area contributed by atoms with Crippen molar-refractivity contribution in [3.63, 3.8) is 0 Å². The summed E-state index contributed by atoms with van der Waals surface area (Å²) < 4.78 is 0. The lowest BCUT2D eigenvalue weighted by atomic mass is 10.2. The summed E-state index contributed by atoms with van der Waals surface area (Å²) >= 11 is 5.83. The van der Waals surface area contributed by atoms with Gasteiger partial charge in [0.15, 0.2) is 0 Å². The molecule has 0 spiro atoms. The van der Waals surface area contributed by atoms with E-state index >= 15 is 0 Å². The van der Waals surface area contributed by atoms with Crippen LogP contribution in [0.3, 0.4) is 0 Å². The number of aryl methyl sites for hydroxylation is 1. The van der Waals surface area contributed by atoms with E-state index in [1.807, 2.05) is 6.92 Å². The molecule has 1 aromatic heterocycles. The smallest absolute Gasteiger partial charge is 0.254 e. The molecule has 1 amide bonds. The maximum atomic E-state index is 11.9. The minimum atomic E-state index is -0.142. The van der Waals surface area contributed by atoms with Crippen molar-refractivity contribution >= 4 is 17.5 Å². The van der Waals surface area contributed by atoms with Crippen LogP contribution in [0.4, 0.5) is 0 Å². The molecule has 0 aliphatic rings. The van der Waals surface area contributed by atoms with Gasteiger partial charge in [-0.2, -0.15) is 0 Å². The summed E-state index contributed by atoms with van der Waals surface area (Å²) in [6, 6.07) is 3.29. The Kier molecular flexibility index (Phi) is 4.33. The van der Waals surface area contributed by atoms with E-state index in [1.54, 1.807) is 19.2 Å². The van der Waals surface area contributed by atoms with E-state index < -0.39 is 0 Å². The predicted molar refractivity (Wildman–Crippen MR) is 64.4 cm³/mol. The number of hydrogen-bond donors (Lipinski definition) is 0. The van der Waals surface area contributed by atoms with Gasteiger partial charge < -0.3 is 4.90 Å². The summed E-state index contributed by atoms with van der Waals surface area (Å²) in [4.78, 5) is 17.5. The Bertz CT molecular complexity index is 437. The van der Waals surface area contributed by atoms with Gasteiger partial charge in [-0.1, -0.05) is 24.4 Å². The van der Waals surface area contributed by atoms with Crippen LogP contribution in [0.1, 0.15) is 23.0 Å². The highest BCUT2D eigenvalue weighted by atomic mass is 35.5. The molecular formula is C12H13ClN2O. The average Bonchev–Trinajstić information content (AvgIpc) is 2.27. The van der Waals surface area contributed by atoms with Crippen molar-refractivity contribution in [2.75, 3.05) is 13.6 Å². The summed E-state index contributed by atoms with van der Waals surface area (Å²) in [7, 11) is 1.65. The predicted octanol–water partition coefficient (Wildman–Crippen LogP) is 2.00. The summed E-state index contributed by atoms with van der Waals surface area (Å²) in [5.74, 6) is 2.28. The number of pyridine rings is 1. The van der Waals surface area contributed by atoms with Crippen LogP contribution < -0.4 is 0 Å². The van der Waals surface area contributed by atoms with E-state index in [1.165, 1.54) is 4.90 Å². The van der Waals surface area contributed by atoms with Gasteiger partial charge in [-0.15, -0.1) is 6.42 Å². The van der Waals surface area contributed by atoms with E-state index in [0.717, 1.165) is 12.1 Å². The fraction of sp³-hybridized carbons (Fsp3) is 0.333. The van der Waals surface area contributed by atoms with E-state index in [4.69, 9.17) is 18.0 Å². The first-order valence-electron chi connectivity index (χ1n) is 4.93. The van der Waals surface area contributed by atoms with Crippen LogP contribution in [0.15, 0.2) is 12.1 Å². The van der Waals surface area contributed by atoms with E-state index in [2.05, 4.69) is 10.9 Å². The molecule has 0 aliphatic carbocycles. The summed E-state index contributed by atoms with van der Waals surface area (Å²) in [6.07, 6.45) is 5.88. The molecule has 0 N–H and O–H groups in total. The van der Waals surface area contributed by atoms with Crippen molar-refractivity contribution in [2.24, 2.45) is 0 Å². The molecule has 0 saturated heterocycles. The molecule has 84 valence electrons. The van der Waals surface area contributed by atoms with Crippen LogP contribution >= 0.6 is 11.6 Å². The number of aromatic nitrogens is 1. The van der Waals surface area contributed by atoms with Crippen LogP contribution in [-0.4, -0.2) is 29.4 Å². The number of amides is 1. The van der Waals surface area contributed by atoms with Gasteiger partial charge in [-0.25, -0.2) is 4.98 Å². The van der Waals surface area contributed by atoms with Gasteiger partial charge in [0.05, 0.1) is 6.54 Å². The van der Waals surface area contributed by atoms with Gasteiger partial charge in [-0.3, -0.25) is 4.79 Å².